The van der Waals surface area contributed by atoms with Crippen molar-refractivity contribution in [3.63, 3.8) is 0 Å². The van der Waals surface area contributed by atoms with Crippen LogP contribution in [0.25, 0.3) is 0 Å². The molecule has 2 aromatic rings. The van der Waals surface area contributed by atoms with Gasteiger partial charge >= 0.3 is 6.09 Å². The summed E-state index contributed by atoms with van der Waals surface area (Å²) in [5.41, 5.74) is 1.69. The van der Waals surface area contributed by atoms with Gasteiger partial charge in [-0.05, 0) is 36.8 Å². The highest BCUT2D eigenvalue weighted by molar-refractivity contribution is 6.38. The minimum atomic E-state index is -0.930. The minimum Gasteiger partial charge on any atom is -0.445 e. The molecule has 2 N–H and O–H groups in total. The number of carbonyl (C=O) groups is 4. The summed E-state index contributed by atoms with van der Waals surface area (Å²) in [6.07, 6.45) is 5.56. The van der Waals surface area contributed by atoms with E-state index in [1.54, 1.807) is 0 Å². The quantitative estimate of drug-likeness (QED) is 0.508. The molecule has 1 saturated carbocycles. The molecule has 1 aliphatic heterocycles. The zero-order valence-corrected chi connectivity index (χ0v) is 21.1. The third-order valence-electron chi connectivity index (χ3n) is 7.09. The van der Waals surface area contributed by atoms with E-state index in [9.17, 15) is 19.2 Å². The van der Waals surface area contributed by atoms with Crippen LogP contribution in [-0.4, -0.2) is 53.3 Å². The number of alkyl carbamates (subject to hydrolysis) is 1. The van der Waals surface area contributed by atoms with Crippen molar-refractivity contribution in [2.75, 3.05) is 6.54 Å². The summed E-state index contributed by atoms with van der Waals surface area (Å²) in [4.78, 5) is 53.6. The van der Waals surface area contributed by atoms with Crippen molar-refractivity contribution < 1.29 is 23.9 Å². The first kappa shape index (κ1) is 26.4. The number of amides is 3. The topological polar surface area (TPSA) is 105 Å². The lowest BCUT2D eigenvalue weighted by Gasteiger charge is -2.29. The molecule has 4 rings (SSSR count). The third kappa shape index (κ3) is 7.41. The monoisotopic (exact) mass is 505 g/mol. The Labute approximate surface area is 217 Å². The molecule has 8 heteroatoms. The van der Waals surface area contributed by atoms with Crippen molar-refractivity contribution in [2.45, 2.75) is 76.1 Å². The van der Waals surface area contributed by atoms with Crippen LogP contribution in [0.4, 0.5) is 4.79 Å². The van der Waals surface area contributed by atoms with Gasteiger partial charge in [-0.2, -0.15) is 0 Å². The maximum absolute atomic E-state index is 13.7. The minimum absolute atomic E-state index is 0.0163. The highest BCUT2D eigenvalue weighted by atomic mass is 16.5. The molecule has 3 amide bonds. The number of nitrogens with zero attached hydrogens (tertiary/aromatic N) is 1. The first-order valence-electron chi connectivity index (χ1n) is 13.2. The van der Waals surface area contributed by atoms with E-state index in [-0.39, 0.29) is 25.0 Å². The molecule has 0 spiro atoms. The van der Waals surface area contributed by atoms with Crippen LogP contribution in [-0.2, 0) is 32.1 Å². The van der Waals surface area contributed by atoms with E-state index in [1.807, 2.05) is 60.7 Å². The summed E-state index contributed by atoms with van der Waals surface area (Å²) in [7, 11) is 0. The van der Waals surface area contributed by atoms with Crippen LogP contribution >= 0.6 is 0 Å². The smallest absolute Gasteiger partial charge is 0.408 e. The first-order chi connectivity index (χ1) is 18.0. The molecule has 2 atom stereocenters. The van der Waals surface area contributed by atoms with Gasteiger partial charge in [0.05, 0.1) is 0 Å². The Morgan fingerprint density at radius 3 is 2.16 bits per heavy atom. The number of Topliss-reactive ketones (excluding diaryl/α,β-unsaturated/α-hetero) is 1. The zero-order valence-electron chi connectivity index (χ0n) is 21.1. The number of rotatable bonds is 9. The predicted molar refractivity (Wildman–Crippen MR) is 138 cm³/mol. The molecule has 37 heavy (non-hydrogen) atoms. The number of likely N-dealkylation sites (tertiary alicyclic amines) is 1. The van der Waals surface area contributed by atoms with Crippen LogP contribution in [0.1, 0.15) is 56.1 Å². The van der Waals surface area contributed by atoms with Crippen molar-refractivity contribution in [2.24, 2.45) is 0 Å². The molecule has 0 aromatic heterocycles. The summed E-state index contributed by atoms with van der Waals surface area (Å²) in [5, 5.41) is 5.57. The molecule has 1 aliphatic carbocycles. The van der Waals surface area contributed by atoms with E-state index in [2.05, 4.69) is 10.6 Å². The maximum Gasteiger partial charge on any atom is 0.408 e. The number of ether oxygens (including phenoxy) is 1. The van der Waals surface area contributed by atoms with Crippen LogP contribution in [0.3, 0.4) is 0 Å². The lowest BCUT2D eigenvalue weighted by molar-refractivity contribution is -0.145. The molecule has 1 saturated heterocycles. The molecular weight excluding hydrogens is 470 g/mol. The molecule has 0 radical (unpaired) electrons. The van der Waals surface area contributed by atoms with Gasteiger partial charge < -0.3 is 20.3 Å². The average molecular weight is 506 g/mol. The fourth-order valence-corrected chi connectivity index (χ4v) is 5.11. The van der Waals surface area contributed by atoms with E-state index < -0.39 is 29.9 Å². The van der Waals surface area contributed by atoms with Gasteiger partial charge in [-0.15, -0.1) is 0 Å². The fourth-order valence-electron chi connectivity index (χ4n) is 5.11. The van der Waals surface area contributed by atoms with E-state index in [4.69, 9.17) is 4.74 Å². The highest BCUT2D eigenvalue weighted by Crippen LogP contribution is 2.22. The lowest BCUT2D eigenvalue weighted by Crippen LogP contribution is -2.55. The Balaban J connectivity index is 1.42. The standard InChI is InChI=1S/C29H35N3O5/c33-26(27(34)30-23-15-8-3-9-16-23)25-17-10-18-32(25)28(35)24(19-21-11-4-1-5-12-21)31-29(36)37-20-22-13-6-2-7-14-22/h1-2,4-7,11-14,23-25H,3,8-10,15-20H2,(H,30,34)(H,31,36)/t24-,25-/m0/s1. The number of benzene rings is 2. The Morgan fingerprint density at radius 1 is 0.838 bits per heavy atom. The number of ketones is 1. The number of nitrogens with one attached hydrogen (secondary N) is 2. The van der Waals surface area contributed by atoms with Gasteiger partial charge in [-0.25, -0.2) is 4.79 Å². The summed E-state index contributed by atoms with van der Waals surface area (Å²) < 4.78 is 5.35. The second-order valence-electron chi connectivity index (χ2n) is 9.81. The van der Waals surface area contributed by atoms with E-state index in [0.717, 1.165) is 43.2 Å². The van der Waals surface area contributed by atoms with E-state index in [0.29, 0.717) is 19.4 Å². The zero-order chi connectivity index (χ0) is 26.0. The SMILES string of the molecule is O=C(N[C@@H](Cc1ccccc1)C(=O)N1CCC[C@H]1C(=O)C(=O)NC1CCCCC1)OCc1ccccc1. The molecule has 0 bridgehead atoms. The summed E-state index contributed by atoms with van der Waals surface area (Å²) in [5.74, 6) is -1.59. The van der Waals surface area contributed by atoms with Crippen molar-refractivity contribution in [1.29, 1.82) is 0 Å². The van der Waals surface area contributed by atoms with Crippen molar-refractivity contribution >= 4 is 23.7 Å². The fraction of sp³-hybridized carbons (Fsp3) is 0.448. The molecule has 196 valence electrons. The molecule has 1 heterocycles. The van der Waals surface area contributed by atoms with Crippen molar-refractivity contribution in [1.82, 2.24) is 15.5 Å². The van der Waals surface area contributed by atoms with Gasteiger partial charge in [-0.3, -0.25) is 14.4 Å². The number of hydrogen-bond acceptors (Lipinski definition) is 5. The lowest BCUT2D eigenvalue weighted by atomic mass is 9.95. The molecule has 8 nitrogen and oxygen atoms in total. The van der Waals surface area contributed by atoms with Crippen LogP contribution < -0.4 is 10.6 Å². The van der Waals surface area contributed by atoms with Gasteiger partial charge in [0.2, 0.25) is 11.7 Å². The maximum atomic E-state index is 13.7. The number of carbonyl (C=O) groups excluding carboxylic acids is 4. The van der Waals surface area contributed by atoms with E-state index >= 15 is 0 Å². The summed E-state index contributed by atoms with van der Waals surface area (Å²) >= 11 is 0. The van der Waals surface area contributed by atoms with Gasteiger partial charge in [0.1, 0.15) is 18.7 Å². The van der Waals surface area contributed by atoms with Gasteiger partial charge in [0.15, 0.2) is 0 Å². The average Bonchev–Trinajstić information content (AvgIpc) is 3.42. The van der Waals surface area contributed by atoms with Crippen LogP contribution in [0.15, 0.2) is 60.7 Å². The Kier molecular flexibility index (Phi) is 9.29. The van der Waals surface area contributed by atoms with Crippen LogP contribution in [0.2, 0.25) is 0 Å². The molecule has 2 aliphatic rings. The first-order valence-corrected chi connectivity index (χ1v) is 13.2. The van der Waals surface area contributed by atoms with Crippen molar-refractivity contribution in [3.8, 4) is 0 Å². The van der Waals surface area contributed by atoms with E-state index in [1.165, 1.54) is 4.90 Å². The molecule has 2 aromatic carbocycles. The second-order valence-corrected chi connectivity index (χ2v) is 9.81. The Morgan fingerprint density at radius 2 is 1.49 bits per heavy atom. The molecule has 2 fully saturated rings. The second kappa shape index (κ2) is 13.0. The molecular formula is C29H35N3O5. The van der Waals surface area contributed by atoms with Gasteiger partial charge in [-0.1, -0.05) is 79.9 Å². The molecule has 0 unspecified atom stereocenters. The third-order valence-corrected chi connectivity index (χ3v) is 7.09. The summed E-state index contributed by atoms with van der Waals surface area (Å²) in [6, 6.07) is 16.9. The van der Waals surface area contributed by atoms with Crippen LogP contribution in [0.5, 0.6) is 0 Å². The Bertz CT molecular complexity index is 1070. The normalized spacial score (nSPS) is 18.6. The largest absolute Gasteiger partial charge is 0.445 e. The summed E-state index contributed by atoms with van der Waals surface area (Å²) in [6.45, 7) is 0.434. The van der Waals surface area contributed by atoms with Crippen molar-refractivity contribution in [3.05, 3.63) is 71.8 Å². The Hall–Kier alpha value is -3.68. The van der Waals surface area contributed by atoms with Gasteiger partial charge in [0.25, 0.3) is 5.91 Å². The number of hydrogen-bond donors (Lipinski definition) is 2. The van der Waals surface area contributed by atoms with Gasteiger partial charge in [0, 0.05) is 19.0 Å². The highest BCUT2D eigenvalue weighted by Gasteiger charge is 2.40. The predicted octanol–water partition coefficient (Wildman–Crippen LogP) is 3.53. The van der Waals surface area contributed by atoms with Crippen LogP contribution in [0, 0.1) is 0 Å².